The van der Waals surface area contributed by atoms with Crippen molar-refractivity contribution in [2.24, 2.45) is 10.9 Å². The molecule has 4 nitrogen and oxygen atoms in total. The summed E-state index contributed by atoms with van der Waals surface area (Å²) in [4.78, 5) is 8.89. The number of hydrogen-bond acceptors (Lipinski definition) is 2. The number of amidine groups is 2. The van der Waals surface area contributed by atoms with Crippen molar-refractivity contribution in [3.8, 4) is 11.1 Å². The average Bonchev–Trinajstić information content (AvgIpc) is 3.54. The third-order valence-electron chi connectivity index (χ3n) is 8.94. The summed E-state index contributed by atoms with van der Waals surface area (Å²) in [6, 6.07) is 36.9. The summed E-state index contributed by atoms with van der Waals surface area (Å²) >= 11 is 0. The van der Waals surface area contributed by atoms with Gasteiger partial charge >= 0.3 is 11.9 Å². The van der Waals surface area contributed by atoms with E-state index in [9.17, 15) is 0 Å². The van der Waals surface area contributed by atoms with Crippen LogP contribution in [0.2, 0.25) is 0 Å². The van der Waals surface area contributed by atoms with E-state index in [0.29, 0.717) is 5.92 Å². The number of benzene rings is 5. The molecular formula is C41H34N4+2. The number of allylic oxidation sites excluding steroid dienone is 4. The maximum Gasteiger partial charge on any atom is 0.301 e. The van der Waals surface area contributed by atoms with Gasteiger partial charge in [0.1, 0.15) is 0 Å². The summed E-state index contributed by atoms with van der Waals surface area (Å²) in [5, 5.41) is 8.64. The van der Waals surface area contributed by atoms with Crippen LogP contribution in [0.15, 0.2) is 138 Å². The van der Waals surface area contributed by atoms with Gasteiger partial charge in [-0.3, -0.25) is 0 Å². The van der Waals surface area contributed by atoms with Crippen LogP contribution in [-0.4, -0.2) is 29.8 Å². The van der Waals surface area contributed by atoms with Crippen LogP contribution in [0.4, 0.5) is 0 Å². The Hall–Kier alpha value is -5.57. The Kier molecular flexibility index (Phi) is 6.70. The van der Waals surface area contributed by atoms with Gasteiger partial charge in [-0.1, -0.05) is 103 Å². The van der Waals surface area contributed by atoms with Crippen LogP contribution >= 0.6 is 0 Å². The Labute approximate surface area is 263 Å². The second kappa shape index (κ2) is 11.2. The molecule has 2 aliphatic heterocycles. The Morgan fingerprint density at radius 3 is 2.33 bits per heavy atom. The molecule has 3 aliphatic rings. The van der Waals surface area contributed by atoms with Gasteiger partial charge in [0.15, 0.2) is 0 Å². The van der Waals surface area contributed by atoms with Crippen molar-refractivity contribution in [1.29, 1.82) is 0 Å². The van der Waals surface area contributed by atoms with Crippen molar-refractivity contribution in [1.82, 2.24) is 9.98 Å². The van der Waals surface area contributed by atoms with E-state index in [1.54, 1.807) is 0 Å². The number of aliphatic imine (C=N–C) groups is 1. The monoisotopic (exact) mass is 582 g/mol. The van der Waals surface area contributed by atoms with Crippen LogP contribution in [0, 0.1) is 5.92 Å². The molecule has 5 aromatic carbocycles. The molecule has 2 unspecified atom stereocenters. The zero-order valence-corrected chi connectivity index (χ0v) is 25.5. The minimum Gasteiger partial charge on any atom is -0.247 e. The zero-order valence-electron chi connectivity index (χ0n) is 25.5. The minimum absolute atomic E-state index is 0.188. The fourth-order valence-corrected chi connectivity index (χ4v) is 6.56. The summed E-state index contributed by atoms with van der Waals surface area (Å²) in [7, 11) is 0. The molecule has 1 aliphatic carbocycles. The molecule has 5 aromatic rings. The van der Waals surface area contributed by atoms with Crippen molar-refractivity contribution in [3.05, 3.63) is 150 Å². The maximum atomic E-state index is 5.15. The van der Waals surface area contributed by atoms with Gasteiger partial charge in [0.05, 0.1) is 11.1 Å². The Morgan fingerprint density at radius 2 is 1.56 bits per heavy atom. The largest absolute Gasteiger partial charge is 0.301 e. The van der Waals surface area contributed by atoms with Gasteiger partial charge in [0.2, 0.25) is 12.0 Å². The van der Waals surface area contributed by atoms with Crippen LogP contribution in [0.5, 0.6) is 0 Å². The molecular weight excluding hydrogens is 548 g/mol. The minimum atomic E-state index is -0.188. The second-order valence-electron chi connectivity index (χ2n) is 12.1. The molecule has 0 saturated carbocycles. The summed E-state index contributed by atoms with van der Waals surface area (Å²) in [5.41, 5.74) is 9.00. The Morgan fingerprint density at radius 1 is 0.778 bits per heavy atom. The highest BCUT2D eigenvalue weighted by Gasteiger charge is 2.29. The highest BCUT2D eigenvalue weighted by atomic mass is 15.2. The van der Waals surface area contributed by atoms with E-state index in [-0.39, 0.29) is 6.17 Å². The van der Waals surface area contributed by atoms with E-state index in [2.05, 4.69) is 150 Å². The van der Waals surface area contributed by atoms with Crippen molar-refractivity contribution >= 4 is 50.7 Å². The predicted octanol–water partition coefficient (Wildman–Crippen LogP) is 6.38. The average molecular weight is 583 g/mol. The van der Waals surface area contributed by atoms with Gasteiger partial charge in [-0.25, -0.2) is 10.3 Å². The number of hydrogen-bond donors (Lipinski definition) is 2. The van der Waals surface area contributed by atoms with Crippen LogP contribution in [-0.2, 0) is 0 Å². The first-order chi connectivity index (χ1) is 22.1. The molecule has 45 heavy (non-hydrogen) atoms. The lowest BCUT2D eigenvalue weighted by Crippen LogP contribution is -2.84. The van der Waals surface area contributed by atoms with Gasteiger partial charge < -0.3 is 0 Å². The molecule has 0 spiro atoms. The van der Waals surface area contributed by atoms with Crippen molar-refractivity contribution in [3.63, 3.8) is 0 Å². The first-order valence-corrected chi connectivity index (χ1v) is 15.7. The highest BCUT2D eigenvalue weighted by Crippen LogP contribution is 2.38. The van der Waals surface area contributed by atoms with Gasteiger partial charge in [0.25, 0.3) is 5.84 Å². The Balaban J connectivity index is 1.32. The molecule has 0 saturated heterocycles. The van der Waals surface area contributed by atoms with Gasteiger partial charge in [0, 0.05) is 24.1 Å². The lowest BCUT2D eigenvalue weighted by molar-refractivity contribution is -0.491. The smallest absolute Gasteiger partial charge is 0.247 e. The van der Waals surface area contributed by atoms with E-state index >= 15 is 0 Å². The topological polar surface area (TPSA) is 52.5 Å². The van der Waals surface area contributed by atoms with Gasteiger partial charge in [-0.15, -0.1) is 0 Å². The lowest BCUT2D eigenvalue weighted by atomic mass is 9.87. The lowest BCUT2D eigenvalue weighted by Gasteiger charge is -2.20. The summed E-state index contributed by atoms with van der Waals surface area (Å²) < 4.78 is 4.60. The third-order valence-corrected chi connectivity index (χ3v) is 8.94. The molecule has 2 N–H and O–H groups in total. The third kappa shape index (κ3) is 5.06. The van der Waals surface area contributed by atoms with Crippen molar-refractivity contribution < 1.29 is 4.99 Å². The van der Waals surface area contributed by atoms with E-state index in [1.807, 2.05) is 12.3 Å². The normalized spacial score (nSPS) is 19.1. The van der Waals surface area contributed by atoms with Crippen molar-refractivity contribution in [2.75, 3.05) is 0 Å². The van der Waals surface area contributed by atoms with Crippen LogP contribution in [0.25, 0.3) is 38.2 Å². The fourth-order valence-electron chi connectivity index (χ4n) is 6.56. The number of nitrogens with one attached hydrogen (secondary N) is 2. The van der Waals surface area contributed by atoms with E-state index in [4.69, 9.17) is 4.99 Å². The van der Waals surface area contributed by atoms with E-state index in [0.717, 1.165) is 46.1 Å². The summed E-state index contributed by atoms with van der Waals surface area (Å²) in [5.74, 6) is 2.34. The quantitative estimate of drug-likeness (QED) is 0.183. The summed E-state index contributed by atoms with van der Waals surface area (Å²) in [6.07, 6.45) is 11.8. The molecule has 0 amide bonds. The number of nitrogens with zero attached hydrogens (tertiary/aromatic N) is 2. The highest BCUT2D eigenvalue weighted by molar-refractivity contribution is 6.24. The van der Waals surface area contributed by atoms with E-state index < -0.39 is 0 Å². The van der Waals surface area contributed by atoms with Crippen molar-refractivity contribution in [2.45, 2.75) is 26.4 Å². The first kappa shape index (κ1) is 27.0. The zero-order chi connectivity index (χ0) is 30.3. The second-order valence-corrected chi connectivity index (χ2v) is 12.1. The first-order valence-electron chi connectivity index (χ1n) is 15.7. The van der Waals surface area contributed by atoms with Gasteiger partial charge in [-0.05, 0) is 80.9 Å². The van der Waals surface area contributed by atoms with Gasteiger partial charge in [-0.2, -0.15) is 4.99 Å². The molecule has 216 valence electrons. The fraction of sp³-hybridized carbons (Fsp3) is 0.122. The van der Waals surface area contributed by atoms with Crippen LogP contribution in [0.3, 0.4) is 0 Å². The summed E-state index contributed by atoms with van der Waals surface area (Å²) in [6.45, 7) is 4.30. The molecule has 0 radical (unpaired) electrons. The standard InChI is InChI=1S/C41H33N4/c1-26-16-18-29(19-17-26)40-43-39(28-10-4-3-5-11-28)44-41(45-40)31-20-21-34(32-22-27(2)42-25-32)37(24-31)38-23-30-12-6-7-13-33(30)35-14-8-9-15-36(35)38/h3-16,18-26,40H,17H2,1-2H3,(H,43,44,45)/q+1/p+1. The maximum absolute atomic E-state index is 5.15. The molecule has 0 bridgehead atoms. The molecule has 8 rings (SSSR count). The SMILES string of the molecule is CC1=[N+]=CC(c2ccc(C3=[NH+]C(C4=CCC(C)C=C4)N=C(c4ccccc4)N3)cc2-c2cc3ccccc3c3ccccc23)=C1. The number of rotatable bonds is 5. The van der Waals surface area contributed by atoms with Crippen LogP contribution in [0.1, 0.15) is 37.0 Å². The number of fused-ring (bicyclic) bond motifs is 3. The molecule has 0 aromatic heterocycles. The molecule has 0 fully saturated rings. The molecule has 2 atom stereocenters. The van der Waals surface area contributed by atoms with E-state index in [1.165, 1.54) is 38.2 Å². The Bertz CT molecular complexity index is 2220. The predicted molar refractivity (Wildman–Crippen MR) is 190 cm³/mol. The molecule has 2 heterocycles. The molecule has 4 heteroatoms. The van der Waals surface area contributed by atoms with Crippen LogP contribution < -0.4 is 15.0 Å².